The van der Waals surface area contributed by atoms with Crippen LogP contribution in [0.3, 0.4) is 0 Å². The Hall–Kier alpha value is -2.80. The van der Waals surface area contributed by atoms with Gasteiger partial charge in [-0.05, 0) is 52.7 Å². The number of halogens is 1. The summed E-state index contributed by atoms with van der Waals surface area (Å²) in [7, 11) is 1.57. The summed E-state index contributed by atoms with van der Waals surface area (Å²) in [6, 6.07) is 9.39. The molecule has 7 heteroatoms. The fourth-order valence-corrected chi connectivity index (χ4v) is 2.94. The molecule has 0 saturated carbocycles. The number of ether oxygens (including phenoxy) is 2. The predicted molar refractivity (Wildman–Crippen MR) is 108 cm³/mol. The molecular weight excluding hydrogens is 410 g/mol. The van der Waals surface area contributed by atoms with Crippen LogP contribution in [0, 0.1) is 0 Å². The van der Waals surface area contributed by atoms with E-state index in [1.165, 1.54) is 0 Å². The van der Waals surface area contributed by atoms with E-state index in [0.29, 0.717) is 18.0 Å². The van der Waals surface area contributed by atoms with E-state index in [4.69, 9.17) is 9.47 Å². The lowest BCUT2D eigenvalue weighted by Gasteiger charge is -2.11. The number of fused-ring (bicyclic) bond motifs is 1. The van der Waals surface area contributed by atoms with Crippen molar-refractivity contribution in [3.05, 3.63) is 64.5 Å². The molecule has 0 atom stereocenters. The topological polar surface area (TPSA) is 64.9 Å². The van der Waals surface area contributed by atoms with Crippen LogP contribution in [0.15, 0.2) is 53.3 Å². The molecule has 0 aliphatic carbocycles. The summed E-state index contributed by atoms with van der Waals surface area (Å²) >= 11 is 3.42. The van der Waals surface area contributed by atoms with Gasteiger partial charge in [0.25, 0.3) is 5.91 Å². The van der Waals surface area contributed by atoms with E-state index >= 15 is 0 Å². The van der Waals surface area contributed by atoms with E-state index in [0.717, 1.165) is 21.4 Å². The number of carbonyl (C=O) groups excluding carboxylic acids is 1. The van der Waals surface area contributed by atoms with Gasteiger partial charge in [-0.3, -0.25) is 4.79 Å². The number of benzene rings is 1. The molecule has 0 bridgehead atoms. The molecule has 0 unspecified atom stereocenters. The van der Waals surface area contributed by atoms with Gasteiger partial charge in [0.2, 0.25) is 0 Å². The molecule has 0 radical (unpaired) electrons. The van der Waals surface area contributed by atoms with E-state index in [2.05, 4.69) is 26.2 Å². The minimum Gasteiger partial charge on any atom is -0.493 e. The highest BCUT2D eigenvalue weighted by Crippen LogP contribution is 2.28. The van der Waals surface area contributed by atoms with Crippen molar-refractivity contribution in [1.29, 1.82) is 0 Å². The normalized spacial score (nSPS) is 11.1. The minimum absolute atomic E-state index is 0.0990. The van der Waals surface area contributed by atoms with Gasteiger partial charge in [0.05, 0.1) is 19.3 Å². The third-order valence-corrected chi connectivity index (χ3v) is 4.31. The van der Waals surface area contributed by atoms with Gasteiger partial charge >= 0.3 is 0 Å². The lowest BCUT2D eigenvalue weighted by atomic mass is 10.2. The van der Waals surface area contributed by atoms with Crippen molar-refractivity contribution in [2.75, 3.05) is 13.7 Å². The molecule has 0 saturated heterocycles. The number of rotatable bonds is 7. The number of imidazole rings is 1. The van der Waals surface area contributed by atoms with Gasteiger partial charge in [0.1, 0.15) is 5.65 Å². The van der Waals surface area contributed by atoms with Crippen LogP contribution in [0.2, 0.25) is 0 Å². The summed E-state index contributed by atoms with van der Waals surface area (Å²) in [6.45, 7) is 2.18. The quantitative estimate of drug-likeness (QED) is 0.619. The largest absolute Gasteiger partial charge is 0.493 e. The molecule has 3 aromatic rings. The van der Waals surface area contributed by atoms with Crippen molar-refractivity contribution in [3.63, 3.8) is 0 Å². The molecule has 27 heavy (non-hydrogen) atoms. The highest BCUT2D eigenvalue weighted by Gasteiger charge is 2.09. The Kier molecular flexibility index (Phi) is 6.13. The van der Waals surface area contributed by atoms with Gasteiger partial charge in [0.15, 0.2) is 18.1 Å². The first-order valence-corrected chi connectivity index (χ1v) is 9.21. The average molecular weight is 430 g/mol. The van der Waals surface area contributed by atoms with Crippen LogP contribution in [0.25, 0.3) is 11.7 Å². The van der Waals surface area contributed by atoms with Crippen LogP contribution in [0.1, 0.15) is 18.2 Å². The molecule has 1 amide bonds. The first kappa shape index (κ1) is 19.0. The second-order valence-electron chi connectivity index (χ2n) is 5.82. The Morgan fingerprint density at radius 3 is 2.89 bits per heavy atom. The molecule has 1 aromatic carbocycles. The minimum atomic E-state index is -0.229. The number of allylic oxidation sites excluding steroid dienone is 1. The van der Waals surface area contributed by atoms with Gasteiger partial charge in [-0.15, -0.1) is 0 Å². The third-order valence-electron chi connectivity index (χ3n) is 3.84. The van der Waals surface area contributed by atoms with E-state index in [-0.39, 0.29) is 12.5 Å². The highest BCUT2D eigenvalue weighted by atomic mass is 79.9. The highest BCUT2D eigenvalue weighted by molar-refractivity contribution is 9.10. The van der Waals surface area contributed by atoms with E-state index < -0.39 is 0 Å². The van der Waals surface area contributed by atoms with E-state index in [1.54, 1.807) is 13.2 Å². The van der Waals surface area contributed by atoms with Gasteiger partial charge in [-0.2, -0.15) is 0 Å². The Balaban J connectivity index is 1.56. The molecule has 2 heterocycles. The molecule has 0 aliphatic heterocycles. The first-order valence-electron chi connectivity index (χ1n) is 8.42. The number of aromatic nitrogens is 2. The molecule has 2 aromatic heterocycles. The summed E-state index contributed by atoms with van der Waals surface area (Å²) < 4.78 is 13.8. The van der Waals surface area contributed by atoms with Gasteiger partial charge in [-0.1, -0.05) is 18.2 Å². The fourth-order valence-electron chi connectivity index (χ4n) is 2.59. The third kappa shape index (κ3) is 4.89. The lowest BCUT2D eigenvalue weighted by molar-refractivity contribution is -0.123. The number of hydrogen-bond acceptors (Lipinski definition) is 4. The van der Waals surface area contributed by atoms with Gasteiger partial charge < -0.3 is 19.2 Å². The van der Waals surface area contributed by atoms with Crippen LogP contribution in [0.5, 0.6) is 11.5 Å². The Labute approximate surface area is 165 Å². The van der Waals surface area contributed by atoms with Crippen LogP contribution >= 0.6 is 15.9 Å². The van der Waals surface area contributed by atoms with E-state index in [1.807, 2.05) is 60.1 Å². The Bertz CT molecular complexity index is 982. The predicted octanol–water partition coefficient (Wildman–Crippen LogP) is 3.83. The number of pyridine rings is 1. The molecule has 0 fully saturated rings. The molecule has 0 spiro atoms. The smallest absolute Gasteiger partial charge is 0.258 e. The fraction of sp³-hybridized carbons (Fsp3) is 0.200. The maximum atomic E-state index is 12.1. The second kappa shape index (κ2) is 8.73. The molecule has 6 nitrogen and oxygen atoms in total. The van der Waals surface area contributed by atoms with Gasteiger partial charge in [-0.25, -0.2) is 4.98 Å². The number of carbonyl (C=O) groups is 1. The maximum Gasteiger partial charge on any atom is 0.258 e. The standard InChI is InChI=1S/C20H20BrN3O3/c1-3-4-14-5-7-17(18(9-14)26-2)27-13-20(25)22-10-16-12-24-11-15(21)6-8-19(24)23-16/h3-9,11-12H,10,13H2,1-2H3,(H,22,25)/b4-3+. The van der Waals surface area contributed by atoms with Crippen molar-refractivity contribution in [1.82, 2.24) is 14.7 Å². The maximum absolute atomic E-state index is 12.1. The summed E-state index contributed by atoms with van der Waals surface area (Å²) in [5.74, 6) is 0.885. The lowest BCUT2D eigenvalue weighted by Crippen LogP contribution is -2.28. The number of methoxy groups -OCH3 is 1. The molecule has 1 N–H and O–H groups in total. The van der Waals surface area contributed by atoms with Crippen LogP contribution in [-0.4, -0.2) is 29.0 Å². The van der Waals surface area contributed by atoms with Crippen LogP contribution in [-0.2, 0) is 11.3 Å². The molecular formula is C20H20BrN3O3. The summed E-state index contributed by atoms with van der Waals surface area (Å²) in [5.41, 5.74) is 2.60. The SMILES string of the molecule is C/C=C/c1ccc(OCC(=O)NCc2cn3cc(Br)ccc3n2)c(OC)c1. The summed E-state index contributed by atoms with van der Waals surface area (Å²) in [5, 5.41) is 2.81. The molecule has 140 valence electrons. The summed E-state index contributed by atoms with van der Waals surface area (Å²) in [6.07, 6.45) is 7.71. The Morgan fingerprint density at radius 2 is 2.11 bits per heavy atom. The number of nitrogens with one attached hydrogen (secondary N) is 1. The number of nitrogens with zero attached hydrogens (tertiary/aromatic N) is 2. The zero-order valence-electron chi connectivity index (χ0n) is 15.1. The number of hydrogen-bond donors (Lipinski definition) is 1. The van der Waals surface area contributed by atoms with Crippen molar-refractivity contribution >= 4 is 33.6 Å². The van der Waals surface area contributed by atoms with Crippen molar-refractivity contribution in [2.45, 2.75) is 13.5 Å². The Morgan fingerprint density at radius 1 is 1.26 bits per heavy atom. The van der Waals surface area contributed by atoms with Crippen molar-refractivity contribution in [2.24, 2.45) is 0 Å². The molecule has 0 aliphatic rings. The van der Waals surface area contributed by atoms with Gasteiger partial charge in [0, 0.05) is 16.9 Å². The monoisotopic (exact) mass is 429 g/mol. The van der Waals surface area contributed by atoms with Crippen LogP contribution < -0.4 is 14.8 Å². The zero-order chi connectivity index (χ0) is 19.2. The van der Waals surface area contributed by atoms with Crippen LogP contribution in [0.4, 0.5) is 0 Å². The average Bonchev–Trinajstić information content (AvgIpc) is 3.07. The van der Waals surface area contributed by atoms with E-state index in [9.17, 15) is 4.79 Å². The number of amides is 1. The summed E-state index contributed by atoms with van der Waals surface area (Å²) in [4.78, 5) is 16.6. The second-order valence-corrected chi connectivity index (χ2v) is 6.74. The van der Waals surface area contributed by atoms with Crippen molar-refractivity contribution < 1.29 is 14.3 Å². The molecule has 3 rings (SSSR count). The van der Waals surface area contributed by atoms with Crippen molar-refractivity contribution in [3.8, 4) is 11.5 Å². The first-order chi connectivity index (χ1) is 13.1. The zero-order valence-corrected chi connectivity index (χ0v) is 16.7.